The Hall–Kier alpha value is -2.17. The minimum absolute atomic E-state index is 0.0788. The largest absolute Gasteiger partial charge is 0.508 e. The Kier molecular flexibility index (Phi) is 7.23. The SMILES string of the molecule is O=C(O)[C@H](C(=O)[C@@H]1CCCN1)[C@@H](NS(=O)(=O)c1cc(Cl)cc(Cl)c1)c1ccc(O)cc1. The van der Waals surface area contributed by atoms with Crippen molar-refractivity contribution in [2.45, 2.75) is 29.8 Å². The molecule has 11 heteroatoms. The predicted molar refractivity (Wildman–Crippen MR) is 115 cm³/mol. The van der Waals surface area contributed by atoms with Crippen LogP contribution in [-0.4, -0.2) is 43.0 Å². The molecular weight excluding hydrogens is 467 g/mol. The number of carboxylic acid groups (broad SMARTS) is 1. The lowest BCUT2D eigenvalue weighted by molar-refractivity contribution is -0.148. The Morgan fingerprint density at radius 2 is 1.71 bits per heavy atom. The Morgan fingerprint density at radius 1 is 1.10 bits per heavy atom. The first kappa shape index (κ1) is 23.5. The van der Waals surface area contributed by atoms with Crippen LogP contribution in [0.25, 0.3) is 0 Å². The van der Waals surface area contributed by atoms with E-state index in [0.29, 0.717) is 19.4 Å². The maximum Gasteiger partial charge on any atom is 0.316 e. The second-order valence-electron chi connectivity index (χ2n) is 7.16. The highest BCUT2D eigenvalue weighted by atomic mass is 35.5. The molecule has 2 aromatic rings. The normalized spacial score (nSPS) is 18.5. The molecule has 0 amide bonds. The number of carbonyl (C=O) groups excluding carboxylic acids is 1. The monoisotopic (exact) mass is 486 g/mol. The molecule has 3 atom stereocenters. The summed E-state index contributed by atoms with van der Waals surface area (Å²) in [4.78, 5) is 24.9. The number of aromatic hydroxyl groups is 1. The summed E-state index contributed by atoms with van der Waals surface area (Å²) in [5.74, 6) is -3.90. The first-order valence-electron chi connectivity index (χ1n) is 9.36. The molecule has 31 heavy (non-hydrogen) atoms. The van der Waals surface area contributed by atoms with Crippen LogP contribution in [0.15, 0.2) is 47.4 Å². The van der Waals surface area contributed by atoms with Crippen molar-refractivity contribution in [3.63, 3.8) is 0 Å². The zero-order valence-corrected chi connectivity index (χ0v) is 18.4. The first-order valence-corrected chi connectivity index (χ1v) is 11.6. The van der Waals surface area contributed by atoms with Gasteiger partial charge in [0.2, 0.25) is 10.0 Å². The lowest BCUT2D eigenvalue weighted by atomic mass is 9.86. The van der Waals surface area contributed by atoms with Crippen molar-refractivity contribution in [2.75, 3.05) is 6.54 Å². The van der Waals surface area contributed by atoms with Gasteiger partial charge in [-0.25, -0.2) is 13.1 Å². The number of halogens is 2. The molecule has 1 heterocycles. The van der Waals surface area contributed by atoms with Crippen molar-refractivity contribution in [3.8, 4) is 5.75 Å². The van der Waals surface area contributed by atoms with E-state index in [1.165, 1.54) is 42.5 Å². The molecule has 1 saturated heterocycles. The molecule has 8 nitrogen and oxygen atoms in total. The van der Waals surface area contributed by atoms with Gasteiger partial charge in [0, 0.05) is 10.0 Å². The highest BCUT2D eigenvalue weighted by Gasteiger charge is 2.42. The summed E-state index contributed by atoms with van der Waals surface area (Å²) in [7, 11) is -4.32. The highest BCUT2D eigenvalue weighted by molar-refractivity contribution is 7.89. The van der Waals surface area contributed by atoms with Crippen LogP contribution >= 0.6 is 23.2 Å². The van der Waals surface area contributed by atoms with Crippen LogP contribution in [0.1, 0.15) is 24.4 Å². The summed E-state index contributed by atoms with van der Waals surface area (Å²) in [6.45, 7) is 0.569. The van der Waals surface area contributed by atoms with Crippen molar-refractivity contribution < 1.29 is 28.2 Å². The Morgan fingerprint density at radius 3 is 2.23 bits per heavy atom. The number of benzene rings is 2. The molecule has 2 aromatic carbocycles. The van der Waals surface area contributed by atoms with Gasteiger partial charge in [0.25, 0.3) is 0 Å². The van der Waals surface area contributed by atoms with Crippen molar-refractivity contribution >= 4 is 45.0 Å². The Bertz CT molecular complexity index is 1070. The number of nitrogens with one attached hydrogen (secondary N) is 2. The van der Waals surface area contributed by atoms with Crippen molar-refractivity contribution in [2.24, 2.45) is 5.92 Å². The number of aliphatic carboxylic acids is 1. The van der Waals surface area contributed by atoms with E-state index in [-0.39, 0.29) is 26.3 Å². The smallest absolute Gasteiger partial charge is 0.316 e. The van der Waals surface area contributed by atoms with Crippen molar-refractivity contribution in [3.05, 3.63) is 58.1 Å². The van der Waals surface area contributed by atoms with E-state index in [4.69, 9.17) is 23.2 Å². The maximum absolute atomic E-state index is 13.1. The molecule has 0 aliphatic carbocycles. The van der Waals surface area contributed by atoms with Gasteiger partial charge in [-0.15, -0.1) is 0 Å². The number of ketones is 1. The summed E-state index contributed by atoms with van der Waals surface area (Å²) in [6.07, 6.45) is 1.17. The third-order valence-corrected chi connectivity index (χ3v) is 6.85. The zero-order valence-electron chi connectivity index (χ0n) is 16.1. The fraction of sp³-hybridized carbons (Fsp3) is 0.300. The molecule has 1 aliphatic rings. The summed E-state index contributed by atoms with van der Waals surface area (Å²) in [5, 5.41) is 22.6. The van der Waals surface area contributed by atoms with Gasteiger partial charge in [-0.05, 0) is 55.3 Å². The van der Waals surface area contributed by atoms with Crippen molar-refractivity contribution in [1.29, 1.82) is 0 Å². The van der Waals surface area contributed by atoms with Crippen molar-refractivity contribution in [1.82, 2.24) is 10.0 Å². The summed E-state index contributed by atoms with van der Waals surface area (Å²) in [5.41, 5.74) is 0.202. The number of sulfonamides is 1. The third kappa shape index (κ3) is 5.55. The number of hydrogen-bond acceptors (Lipinski definition) is 6. The molecule has 1 fully saturated rings. The molecule has 0 radical (unpaired) electrons. The minimum Gasteiger partial charge on any atom is -0.508 e. The van der Waals surface area contributed by atoms with Crippen LogP contribution in [-0.2, 0) is 19.6 Å². The summed E-state index contributed by atoms with van der Waals surface area (Å²) < 4.78 is 28.5. The van der Waals surface area contributed by atoms with Gasteiger partial charge in [-0.1, -0.05) is 35.3 Å². The first-order chi connectivity index (χ1) is 14.6. The van der Waals surface area contributed by atoms with E-state index >= 15 is 0 Å². The minimum atomic E-state index is -4.32. The van der Waals surface area contributed by atoms with Crippen LogP contribution in [0.2, 0.25) is 10.0 Å². The van der Waals surface area contributed by atoms with E-state index in [0.717, 1.165) is 0 Å². The zero-order chi connectivity index (χ0) is 22.8. The van der Waals surface area contributed by atoms with Crippen LogP contribution in [0.4, 0.5) is 0 Å². The number of carboxylic acids is 1. The summed E-state index contributed by atoms with van der Waals surface area (Å²) >= 11 is 11.8. The van der Waals surface area contributed by atoms with Gasteiger partial charge in [-0.3, -0.25) is 9.59 Å². The third-order valence-electron chi connectivity index (χ3n) is 4.99. The molecule has 3 rings (SSSR count). The average molecular weight is 487 g/mol. The number of phenols is 1. The van der Waals surface area contributed by atoms with Crippen LogP contribution in [0.3, 0.4) is 0 Å². The molecule has 0 bridgehead atoms. The number of phenolic OH excluding ortho intramolecular Hbond substituents is 1. The van der Waals surface area contributed by atoms with Gasteiger partial charge >= 0.3 is 5.97 Å². The number of hydrogen-bond donors (Lipinski definition) is 4. The predicted octanol–water partition coefficient (Wildman–Crippen LogP) is 2.74. The van der Waals surface area contributed by atoms with Gasteiger partial charge in [-0.2, -0.15) is 0 Å². The van der Waals surface area contributed by atoms with E-state index in [2.05, 4.69) is 10.0 Å². The standard InChI is InChI=1S/C20H20Cl2N2O6S/c21-12-8-13(22)10-15(9-12)31(29,30)24-18(11-3-5-14(25)6-4-11)17(20(27)28)19(26)16-2-1-7-23-16/h3-6,8-10,16-18,23-25H,1-2,7H2,(H,27,28)/t16-,17-,18-/m0/s1. The lowest BCUT2D eigenvalue weighted by Gasteiger charge is -2.26. The van der Waals surface area contributed by atoms with Crippen LogP contribution < -0.4 is 10.0 Å². The van der Waals surface area contributed by atoms with E-state index in [1.54, 1.807) is 0 Å². The molecule has 166 valence electrons. The molecule has 4 N–H and O–H groups in total. The fourth-order valence-electron chi connectivity index (χ4n) is 3.50. The van der Waals surface area contributed by atoms with E-state index < -0.39 is 39.8 Å². The van der Waals surface area contributed by atoms with E-state index in [1.807, 2.05) is 0 Å². The molecule has 0 aromatic heterocycles. The highest BCUT2D eigenvalue weighted by Crippen LogP contribution is 2.30. The average Bonchev–Trinajstić information content (AvgIpc) is 3.22. The van der Waals surface area contributed by atoms with Gasteiger partial charge < -0.3 is 15.5 Å². The van der Waals surface area contributed by atoms with Crippen LogP contribution in [0.5, 0.6) is 5.75 Å². The lowest BCUT2D eigenvalue weighted by Crippen LogP contribution is -2.46. The number of carbonyl (C=O) groups is 2. The fourth-order valence-corrected chi connectivity index (χ4v) is 5.46. The maximum atomic E-state index is 13.1. The molecule has 0 saturated carbocycles. The topological polar surface area (TPSA) is 133 Å². The molecule has 0 unspecified atom stereocenters. The number of rotatable bonds is 8. The Balaban J connectivity index is 2.05. The van der Waals surface area contributed by atoms with Gasteiger partial charge in [0.05, 0.1) is 17.0 Å². The number of Topliss-reactive ketones (excluding diaryl/α,β-unsaturated/α-hetero) is 1. The summed E-state index contributed by atoms with van der Waals surface area (Å²) in [6, 6.07) is 6.85. The molecule has 0 spiro atoms. The van der Waals surface area contributed by atoms with Gasteiger partial charge in [0.15, 0.2) is 5.78 Å². The van der Waals surface area contributed by atoms with Gasteiger partial charge in [0.1, 0.15) is 11.7 Å². The molecule has 1 aliphatic heterocycles. The Labute approximate surface area is 189 Å². The van der Waals surface area contributed by atoms with Crippen LogP contribution in [0, 0.1) is 5.92 Å². The second-order valence-corrected chi connectivity index (χ2v) is 9.75. The molecular formula is C20H20Cl2N2O6S. The second kappa shape index (κ2) is 9.54. The van der Waals surface area contributed by atoms with E-state index in [9.17, 15) is 28.2 Å². The quantitative estimate of drug-likeness (QED) is 0.421.